The molecular weight excluding hydrogens is 402 g/mol. The van der Waals surface area contributed by atoms with E-state index in [2.05, 4.69) is 22.3 Å². The second-order valence-corrected chi connectivity index (χ2v) is 7.83. The Hall–Kier alpha value is -3.74. The second-order valence-electron chi connectivity index (χ2n) is 7.83. The van der Waals surface area contributed by atoms with E-state index >= 15 is 0 Å². The van der Waals surface area contributed by atoms with Gasteiger partial charge in [0.2, 0.25) is 11.7 Å². The minimum atomic E-state index is -0.210. The van der Waals surface area contributed by atoms with Crippen molar-refractivity contribution in [3.63, 3.8) is 0 Å². The van der Waals surface area contributed by atoms with E-state index in [0.29, 0.717) is 30.1 Å². The molecule has 4 aromatic rings. The molecule has 0 saturated heterocycles. The van der Waals surface area contributed by atoms with Gasteiger partial charge in [0.15, 0.2) is 5.82 Å². The first-order valence-electron chi connectivity index (χ1n) is 10.9. The minimum Gasteiger partial charge on any atom is -0.355 e. The highest BCUT2D eigenvalue weighted by molar-refractivity contribution is 5.76. The standard InChI is InChI=1S/C25H27N5O2/c1-3-4-15-26-22(31)17-29-18(2)21(16-19-11-7-5-8-12-19)24(32)30-25(29)27-23(28-30)20-13-9-6-10-14-20/h5-14H,3-4,15-17H2,1-2H3,(H,26,31). The molecule has 32 heavy (non-hydrogen) atoms. The summed E-state index contributed by atoms with van der Waals surface area (Å²) in [5.74, 6) is 0.718. The van der Waals surface area contributed by atoms with E-state index in [1.807, 2.05) is 67.6 Å². The topological polar surface area (TPSA) is 81.3 Å². The van der Waals surface area contributed by atoms with Gasteiger partial charge in [-0.15, -0.1) is 5.10 Å². The van der Waals surface area contributed by atoms with Gasteiger partial charge < -0.3 is 9.88 Å². The number of carbonyl (C=O) groups is 1. The Morgan fingerprint density at radius 2 is 1.72 bits per heavy atom. The summed E-state index contributed by atoms with van der Waals surface area (Å²) in [4.78, 5) is 30.7. The average molecular weight is 430 g/mol. The van der Waals surface area contributed by atoms with Crippen LogP contribution in [0.25, 0.3) is 17.2 Å². The number of benzene rings is 2. The monoisotopic (exact) mass is 429 g/mol. The van der Waals surface area contributed by atoms with Crippen molar-refractivity contribution < 1.29 is 4.79 Å². The van der Waals surface area contributed by atoms with Crippen LogP contribution < -0.4 is 10.9 Å². The number of nitrogens with one attached hydrogen (secondary N) is 1. The summed E-state index contributed by atoms with van der Waals surface area (Å²) in [6, 6.07) is 19.3. The maximum atomic E-state index is 13.4. The predicted octanol–water partition coefficient (Wildman–Crippen LogP) is 3.37. The van der Waals surface area contributed by atoms with Crippen LogP contribution in [0.4, 0.5) is 0 Å². The van der Waals surface area contributed by atoms with Gasteiger partial charge in [0.05, 0.1) is 0 Å². The van der Waals surface area contributed by atoms with E-state index in [1.54, 1.807) is 4.57 Å². The van der Waals surface area contributed by atoms with E-state index in [-0.39, 0.29) is 18.0 Å². The molecular formula is C25H27N5O2. The number of nitrogens with zero attached hydrogens (tertiary/aromatic N) is 4. The quantitative estimate of drug-likeness (QED) is 0.436. The molecule has 1 amide bonds. The van der Waals surface area contributed by atoms with Gasteiger partial charge in [-0.05, 0) is 18.9 Å². The Balaban J connectivity index is 1.83. The van der Waals surface area contributed by atoms with Crippen LogP contribution in [0.2, 0.25) is 0 Å². The fourth-order valence-electron chi connectivity index (χ4n) is 3.72. The fourth-order valence-corrected chi connectivity index (χ4v) is 3.72. The minimum absolute atomic E-state index is 0.0774. The molecule has 0 fully saturated rings. The number of hydrogen-bond donors (Lipinski definition) is 1. The SMILES string of the molecule is CCCCNC(=O)Cn1c(C)c(Cc2ccccc2)c(=O)n2nc(-c3ccccc3)nc12. The van der Waals surface area contributed by atoms with Crippen LogP contribution in [0.15, 0.2) is 65.5 Å². The van der Waals surface area contributed by atoms with Crippen molar-refractivity contribution in [1.29, 1.82) is 0 Å². The van der Waals surface area contributed by atoms with Crippen molar-refractivity contribution >= 4 is 11.7 Å². The summed E-state index contributed by atoms with van der Waals surface area (Å²) in [5, 5.41) is 7.46. The van der Waals surface area contributed by atoms with Gasteiger partial charge in [0.1, 0.15) is 6.54 Å². The summed E-state index contributed by atoms with van der Waals surface area (Å²) >= 11 is 0. The number of aromatic nitrogens is 4. The molecule has 4 rings (SSSR count). The third kappa shape index (κ3) is 4.46. The number of fused-ring (bicyclic) bond motifs is 1. The van der Waals surface area contributed by atoms with Crippen molar-refractivity contribution in [2.24, 2.45) is 0 Å². The van der Waals surface area contributed by atoms with E-state index in [4.69, 9.17) is 0 Å². The lowest BCUT2D eigenvalue weighted by atomic mass is 10.0. The van der Waals surface area contributed by atoms with E-state index in [9.17, 15) is 9.59 Å². The first kappa shape index (κ1) is 21.5. The van der Waals surface area contributed by atoms with Crippen LogP contribution >= 0.6 is 0 Å². The number of unbranched alkanes of at least 4 members (excludes halogenated alkanes) is 1. The first-order valence-corrected chi connectivity index (χ1v) is 10.9. The largest absolute Gasteiger partial charge is 0.355 e. The summed E-state index contributed by atoms with van der Waals surface area (Å²) in [6.45, 7) is 4.66. The third-order valence-corrected chi connectivity index (χ3v) is 5.53. The van der Waals surface area contributed by atoms with Gasteiger partial charge in [0, 0.05) is 29.8 Å². The van der Waals surface area contributed by atoms with Gasteiger partial charge in [-0.3, -0.25) is 9.59 Å². The molecule has 0 bridgehead atoms. The third-order valence-electron chi connectivity index (χ3n) is 5.53. The smallest absolute Gasteiger partial charge is 0.279 e. The molecule has 0 aliphatic heterocycles. The first-order chi connectivity index (χ1) is 15.6. The Morgan fingerprint density at radius 3 is 2.41 bits per heavy atom. The molecule has 1 N–H and O–H groups in total. The lowest BCUT2D eigenvalue weighted by Crippen LogP contribution is -2.32. The van der Waals surface area contributed by atoms with Crippen LogP contribution in [0.1, 0.15) is 36.6 Å². The molecule has 164 valence electrons. The molecule has 0 radical (unpaired) electrons. The highest BCUT2D eigenvalue weighted by Gasteiger charge is 2.20. The Morgan fingerprint density at radius 1 is 1.03 bits per heavy atom. The lowest BCUT2D eigenvalue weighted by molar-refractivity contribution is -0.121. The second kappa shape index (κ2) is 9.60. The van der Waals surface area contributed by atoms with Crippen molar-refractivity contribution in [3.8, 4) is 11.4 Å². The number of hydrogen-bond acceptors (Lipinski definition) is 4. The maximum absolute atomic E-state index is 13.4. The molecule has 7 nitrogen and oxygen atoms in total. The van der Waals surface area contributed by atoms with Crippen LogP contribution in [0.5, 0.6) is 0 Å². The highest BCUT2D eigenvalue weighted by Crippen LogP contribution is 2.18. The number of rotatable bonds is 8. The van der Waals surface area contributed by atoms with Crippen LogP contribution in [-0.4, -0.2) is 31.6 Å². The molecule has 0 saturated carbocycles. The van der Waals surface area contributed by atoms with E-state index < -0.39 is 0 Å². The van der Waals surface area contributed by atoms with Crippen molar-refractivity contribution in [2.75, 3.05) is 6.54 Å². The van der Waals surface area contributed by atoms with Gasteiger partial charge in [0.25, 0.3) is 5.56 Å². The number of carbonyl (C=O) groups excluding carboxylic acids is 1. The molecule has 0 unspecified atom stereocenters. The maximum Gasteiger partial charge on any atom is 0.279 e. The van der Waals surface area contributed by atoms with Crippen molar-refractivity contribution in [3.05, 3.63) is 87.8 Å². The molecule has 0 spiro atoms. The van der Waals surface area contributed by atoms with Crippen LogP contribution in [0, 0.1) is 6.92 Å². The normalized spacial score (nSPS) is 11.1. The summed E-state index contributed by atoms with van der Waals surface area (Å²) in [5.41, 5.74) is 2.96. The summed E-state index contributed by atoms with van der Waals surface area (Å²) in [6.07, 6.45) is 2.39. The molecule has 0 aliphatic rings. The Labute approximate surface area is 186 Å². The molecule has 2 aromatic heterocycles. The zero-order valence-electron chi connectivity index (χ0n) is 18.4. The fraction of sp³-hybridized carbons (Fsp3) is 0.280. The van der Waals surface area contributed by atoms with Crippen molar-refractivity contribution in [1.82, 2.24) is 24.5 Å². The molecule has 0 atom stereocenters. The Kier molecular flexibility index (Phi) is 6.44. The van der Waals surface area contributed by atoms with Gasteiger partial charge in [-0.2, -0.15) is 9.50 Å². The van der Waals surface area contributed by atoms with Crippen LogP contribution in [-0.2, 0) is 17.8 Å². The molecule has 0 aliphatic carbocycles. The predicted molar refractivity (Wildman–Crippen MR) is 125 cm³/mol. The highest BCUT2D eigenvalue weighted by atomic mass is 16.2. The van der Waals surface area contributed by atoms with Gasteiger partial charge in [-0.25, -0.2) is 0 Å². The van der Waals surface area contributed by atoms with Gasteiger partial charge >= 0.3 is 0 Å². The van der Waals surface area contributed by atoms with Gasteiger partial charge in [-0.1, -0.05) is 74.0 Å². The average Bonchev–Trinajstić information content (AvgIpc) is 3.27. The summed E-state index contributed by atoms with van der Waals surface area (Å²) in [7, 11) is 0. The zero-order valence-corrected chi connectivity index (χ0v) is 18.4. The number of amides is 1. The van der Waals surface area contributed by atoms with E-state index in [1.165, 1.54) is 4.52 Å². The lowest BCUT2D eigenvalue weighted by Gasteiger charge is -2.15. The van der Waals surface area contributed by atoms with Crippen LogP contribution in [0.3, 0.4) is 0 Å². The summed E-state index contributed by atoms with van der Waals surface area (Å²) < 4.78 is 3.12. The zero-order chi connectivity index (χ0) is 22.5. The Bertz CT molecular complexity index is 1280. The molecule has 2 aromatic carbocycles. The molecule has 2 heterocycles. The van der Waals surface area contributed by atoms with Crippen molar-refractivity contribution in [2.45, 2.75) is 39.7 Å². The van der Waals surface area contributed by atoms with E-state index in [0.717, 1.165) is 29.7 Å². The molecule has 7 heteroatoms.